The molecule has 0 unspecified atom stereocenters. The number of benzene rings is 1. The molecule has 0 saturated heterocycles. The predicted octanol–water partition coefficient (Wildman–Crippen LogP) is 1.42. The van der Waals surface area contributed by atoms with Gasteiger partial charge in [0.25, 0.3) is 0 Å². The average Bonchev–Trinajstić information content (AvgIpc) is 2.99. The minimum absolute atomic E-state index is 0.0343. The van der Waals surface area contributed by atoms with Gasteiger partial charge in [-0.3, -0.25) is 0 Å². The lowest BCUT2D eigenvalue weighted by Gasteiger charge is -2.08. The first-order chi connectivity index (χ1) is 10.4. The fraction of sp³-hybridized carbons (Fsp3) is 0.250. The zero-order valence-corrected chi connectivity index (χ0v) is 13.4. The van der Waals surface area contributed by atoms with E-state index in [2.05, 4.69) is 20.0 Å². The monoisotopic (exact) mass is 341 g/mol. The molecule has 3 aromatic rings. The quantitative estimate of drug-likeness (QED) is 0.775. The predicted molar refractivity (Wildman–Crippen MR) is 78.6 cm³/mol. The number of nitrogens with one attached hydrogen (secondary N) is 1. The van der Waals surface area contributed by atoms with Crippen LogP contribution in [0.25, 0.3) is 4.96 Å². The van der Waals surface area contributed by atoms with Gasteiger partial charge >= 0.3 is 0 Å². The molecule has 1 N–H and O–H groups in total. The number of fused-ring (bicyclic) bond motifs is 1. The van der Waals surface area contributed by atoms with Crippen molar-refractivity contribution in [1.29, 1.82) is 0 Å². The van der Waals surface area contributed by atoms with E-state index in [0.29, 0.717) is 21.4 Å². The number of halogens is 1. The Balaban J connectivity index is 1.82. The molecule has 1 aromatic carbocycles. The van der Waals surface area contributed by atoms with Crippen LogP contribution >= 0.6 is 11.3 Å². The Kier molecular flexibility index (Phi) is 3.67. The second kappa shape index (κ2) is 5.38. The van der Waals surface area contributed by atoms with Gasteiger partial charge in [0.15, 0.2) is 5.82 Å². The highest BCUT2D eigenvalue weighted by Gasteiger charge is 2.18. The minimum Gasteiger partial charge on any atom is -0.207 e. The number of hydrogen-bond acceptors (Lipinski definition) is 6. The van der Waals surface area contributed by atoms with Crippen molar-refractivity contribution in [3.8, 4) is 0 Å². The summed E-state index contributed by atoms with van der Waals surface area (Å²) in [5.74, 6) is 0.162. The summed E-state index contributed by atoms with van der Waals surface area (Å²) >= 11 is 1.25. The highest BCUT2D eigenvalue weighted by Crippen LogP contribution is 2.18. The summed E-state index contributed by atoms with van der Waals surface area (Å²) in [6.45, 7) is 3.34. The van der Waals surface area contributed by atoms with E-state index in [-0.39, 0.29) is 11.4 Å². The summed E-state index contributed by atoms with van der Waals surface area (Å²) in [6, 6.07) is 3.55. The normalized spacial score (nSPS) is 12.1. The van der Waals surface area contributed by atoms with Crippen molar-refractivity contribution in [2.75, 3.05) is 0 Å². The summed E-state index contributed by atoms with van der Waals surface area (Å²) in [4.78, 5) is 0.651. The van der Waals surface area contributed by atoms with Gasteiger partial charge in [-0.1, -0.05) is 11.3 Å². The Morgan fingerprint density at radius 1 is 1.32 bits per heavy atom. The molecule has 0 spiro atoms. The molecule has 116 valence electrons. The molecular weight excluding hydrogens is 329 g/mol. The van der Waals surface area contributed by atoms with E-state index in [1.54, 1.807) is 18.4 Å². The zero-order valence-electron chi connectivity index (χ0n) is 11.7. The molecule has 0 atom stereocenters. The fourth-order valence-corrected chi connectivity index (χ4v) is 4.10. The van der Waals surface area contributed by atoms with E-state index >= 15 is 0 Å². The molecule has 10 heteroatoms. The van der Waals surface area contributed by atoms with Crippen LogP contribution in [0.1, 0.15) is 16.4 Å². The van der Waals surface area contributed by atoms with Gasteiger partial charge in [-0.15, -0.1) is 10.2 Å². The van der Waals surface area contributed by atoms with Crippen molar-refractivity contribution in [2.24, 2.45) is 0 Å². The van der Waals surface area contributed by atoms with Gasteiger partial charge in [-0.05, 0) is 37.6 Å². The first-order valence-corrected chi connectivity index (χ1v) is 8.60. The van der Waals surface area contributed by atoms with Gasteiger partial charge in [0.05, 0.1) is 11.4 Å². The zero-order chi connectivity index (χ0) is 15.9. The molecule has 0 aliphatic rings. The van der Waals surface area contributed by atoms with Crippen LogP contribution in [0.5, 0.6) is 0 Å². The van der Waals surface area contributed by atoms with Crippen LogP contribution in [0.2, 0.25) is 0 Å². The van der Waals surface area contributed by atoms with Crippen molar-refractivity contribution in [2.45, 2.75) is 25.3 Å². The number of sulfonamides is 1. The Hall–Kier alpha value is -1.91. The largest absolute Gasteiger partial charge is 0.241 e. The Labute approximate surface area is 129 Å². The average molecular weight is 341 g/mol. The van der Waals surface area contributed by atoms with Crippen LogP contribution in [0.4, 0.5) is 4.39 Å². The molecule has 0 aliphatic carbocycles. The molecule has 7 nitrogen and oxygen atoms in total. The molecule has 2 heterocycles. The Bertz CT molecular complexity index is 948. The lowest BCUT2D eigenvalue weighted by molar-refractivity contribution is 0.578. The molecule has 0 fully saturated rings. The first kappa shape index (κ1) is 15.0. The maximum absolute atomic E-state index is 13.1. The van der Waals surface area contributed by atoms with Gasteiger partial charge in [-0.25, -0.2) is 17.5 Å². The molecule has 2 aromatic heterocycles. The molecular formula is C12H12FN5O2S2. The van der Waals surface area contributed by atoms with E-state index in [1.807, 2.05) is 0 Å². The molecule has 22 heavy (non-hydrogen) atoms. The van der Waals surface area contributed by atoms with Gasteiger partial charge in [-0.2, -0.15) is 9.61 Å². The SMILES string of the molecule is Cc1cc(F)ccc1S(=O)(=O)NCc1nn2c(C)nnc2s1. The third-order valence-electron chi connectivity index (χ3n) is 3.03. The lowest BCUT2D eigenvalue weighted by atomic mass is 10.2. The summed E-state index contributed by atoms with van der Waals surface area (Å²) in [5.41, 5.74) is 0.349. The molecule has 0 aliphatic heterocycles. The standard InChI is InChI=1S/C12H12FN5O2S2/c1-7-5-9(13)3-4-10(7)22(19,20)14-6-11-17-18-8(2)15-16-12(18)21-11/h3-5,14H,6H2,1-2H3. The molecule has 0 bridgehead atoms. The fourth-order valence-electron chi connectivity index (χ4n) is 1.97. The van der Waals surface area contributed by atoms with Crippen molar-refractivity contribution in [1.82, 2.24) is 24.5 Å². The number of rotatable bonds is 4. The summed E-state index contributed by atoms with van der Waals surface area (Å²) < 4.78 is 41.6. The van der Waals surface area contributed by atoms with E-state index in [9.17, 15) is 12.8 Å². The Morgan fingerprint density at radius 2 is 2.09 bits per heavy atom. The van der Waals surface area contributed by atoms with Crippen LogP contribution in [0, 0.1) is 19.7 Å². The van der Waals surface area contributed by atoms with Gasteiger partial charge in [0, 0.05) is 0 Å². The highest BCUT2D eigenvalue weighted by molar-refractivity contribution is 7.89. The van der Waals surface area contributed by atoms with Crippen LogP contribution in [-0.2, 0) is 16.6 Å². The summed E-state index contributed by atoms with van der Waals surface area (Å²) in [5, 5.41) is 12.6. The van der Waals surface area contributed by atoms with Crippen molar-refractivity contribution in [3.05, 3.63) is 40.4 Å². The van der Waals surface area contributed by atoms with Crippen molar-refractivity contribution >= 4 is 26.3 Å². The highest BCUT2D eigenvalue weighted by atomic mass is 32.2. The third kappa shape index (κ3) is 2.72. The maximum atomic E-state index is 13.1. The third-order valence-corrected chi connectivity index (χ3v) is 5.49. The molecule has 0 radical (unpaired) electrons. The molecule has 3 rings (SSSR count). The summed E-state index contributed by atoms with van der Waals surface area (Å²) in [6.07, 6.45) is 0. The molecule has 0 amide bonds. The Morgan fingerprint density at radius 3 is 2.77 bits per heavy atom. The van der Waals surface area contributed by atoms with Crippen molar-refractivity contribution < 1.29 is 12.8 Å². The first-order valence-electron chi connectivity index (χ1n) is 6.30. The van der Waals surface area contributed by atoms with E-state index in [0.717, 1.165) is 6.07 Å². The topological polar surface area (TPSA) is 89.2 Å². The van der Waals surface area contributed by atoms with Gasteiger partial charge < -0.3 is 0 Å². The lowest BCUT2D eigenvalue weighted by Crippen LogP contribution is -2.24. The number of nitrogens with zero attached hydrogens (tertiary/aromatic N) is 4. The number of hydrogen-bond donors (Lipinski definition) is 1. The van der Waals surface area contributed by atoms with Crippen LogP contribution < -0.4 is 4.72 Å². The smallest absolute Gasteiger partial charge is 0.207 e. The van der Waals surface area contributed by atoms with Crippen LogP contribution in [-0.4, -0.2) is 28.2 Å². The number of aromatic nitrogens is 4. The van der Waals surface area contributed by atoms with Crippen LogP contribution in [0.15, 0.2) is 23.1 Å². The number of aryl methyl sites for hydroxylation is 2. The van der Waals surface area contributed by atoms with E-state index in [4.69, 9.17) is 0 Å². The van der Waals surface area contributed by atoms with Gasteiger partial charge in [0.1, 0.15) is 10.8 Å². The summed E-state index contributed by atoms with van der Waals surface area (Å²) in [7, 11) is -3.73. The molecule has 0 saturated carbocycles. The second-order valence-electron chi connectivity index (χ2n) is 4.67. The van der Waals surface area contributed by atoms with E-state index in [1.165, 1.54) is 23.5 Å². The van der Waals surface area contributed by atoms with E-state index < -0.39 is 15.8 Å². The van der Waals surface area contributed by atoms with Crippen molar-refractivity contribution in [3.63, 3.8) is 0 Å². The van der Waals surface area contributed by atoms with Gasteiger partial charge in [0.2, 0.25) is 15.0 Å². The van der Waals surface area contributed by atoms with Crippen LogP contribution in [0.3, 0.4) is 0 Å². The minimum atomic E-state index is -3.73. The second-order valence-corrected chi connectivity index (χ2v) is 7.45. The maximum Gasteiger partial charge on any atom is 0.241 e.